The van der Waals surface area contributed by atoms with E-state index in [0.717, 1.165) is 103 Å². The van der Waals surface area contributed by atoms with Crippen molar-refractivity contribution in [2.45, 2.75) is 93.3 Å². The first-order valence-electron chi connectivity index (χ1n) is 21.3. The van der Waals surface area contributed by atoms with Gasteiger partial charge in [-0.25, -0.2) is 9.37 Å². The number of nitrogens with zero attached hydrogens (tertiary/aromatic N) is 5. The van der Waals surface area contributed by atoms with E-state index in [2.05, 4.69) is 67.7 Å². The number of unbranched alkanes of at least 4 members (excludes halogenated alkanes) is 1. The van der Waals surface area contributed by atoms with Crippen molar-refractivity contribution in [1.82, 2.24) is 24.3 Å². The van der Waals surface area contributed by atoms with Gasteiger partial charge >= 0.3 is 6.18 Å². The largest absolute Gasteiger partial charge is 0.493 e. The summed E-state index contributed by atoms with van der Waals surface area (Å²) in [7, 11) is 0. The Bertz CT molecular complexity index is 1820. The fraction of sp³-hybridized carbons (Fsp3) is 0.578. The molecular formula is C45H65F4N5O4. The molecule has 0 saturated heterocycles. The number of rotatable bonds is 27. The van der Waals surface area contributed by atoms with Gasteiger partial charge in [0.15, 0.2) is 5.75 Å². The van der Waals surface area contributed by atoms with E-state index in [1.165, 1.54) is 6.07 Å². The Kier molecular flexibility index (Phi) is 18.9. The molecule has 1 aromatic heterocycles. The Balaban J connectivity index is 1.78. The Labute approximate surface area is 343 Å². The van der Waals surface area contributed by atoms with E-state index in [1.807, 2.05) is 18.2 Å². The van der Waals surface area contributed by atoms with Crippen molar-refractivity contribution < 1.29 is 36.5 Å². The summed E-state index contributed by atoms with van der Waals surface area (Å²) in [5.41, 5.74) is 0.898. The molecule has 0 spiro atoms. The number of imidazole rings is 1. The van der Waals surface area contributed by atoms with Crippen LogP contribution in [-0.4, -0.2) is 103 Å². The monoisotopic (exact) mass is 815 g/mol. The van der Waals surface area contributed by atoms with Gasteiger partial charge in [0.1, 0.15) is 40.2 Å². The maximum absolute atomic E-state index is 14.1. The van der Waals surface area contributed by atoms with Crippen LogP contribution in [0.4, 0.5) is 17.6 Å². The maximum Gasteiger partial charge on any atom is 0.419 e. The molecule has 4 aromatic rings. The van der Waals surface area contributed by atoms with Crippen LogP contribution in [0.5, 0.6) is 28.7 Å². The molecule has 0 fully saturated rings. The number of hydrogen-bond donors (Lipinski definition) is 0. The van der Waals surface area contributed by atoms with Gasteiger partial charge in [-0.2, -0.15) is 13.2 Å². The van der Waals surface area contributed by atoms with Crippen molar-refractivity contribution in [3.05, 3.63) is 59.9 Å². The van der Waals surface area contributed by atoms with Crippen LogP contribution in [-0.2, 0) is 12.7 Å². The van der Waals surface area contributed by atoms with Crippen molar-refractivity contribution >= 4 is 11.0 Å². The Hall–Kier alpha value is -4.07. The van der Waals surface area contributed by atoms with Crippen LogP contribution in [0.15, 0.2) is 48.5 Å². The second-order valence-corrected chi connectivity index (χ2v) is 14.3. The van der Waals surface area contributed by atoms with E-state index >= 15 is 0 Å². The SMILES string of the molecule is CCCCn1c(-c2ccc(Oc3ccc(F)c(C(F)(F)F)c3)cc2OCCCN(CC)CC)nc2c(OCCCN(CC)CC)cc(OCCCN(CC)CC)cc21. The fourth-order valence-electron chi connectivity index (χ4n) is 6.94. The third-order valence-corrected chi connectivity index (χ3v) is 10.5. The lowest BCUT2D eigenvalue weighted by Gasteiger charge is -2.19. The molecule has 3 aromatic carbocycles. The summed E-state index contributed by atoms with van der Waals surface area (Å²) in [5.74, 6) is 1.24. The molecule has 0 atom stereocenters. The highest BCUT2D eigenvalue weighted by atomic mass is 19.4. The van der Waals surface area contributed by atoms with Gasteiger partial charge in [-0.15, -0.1) is 0 Å². The molecule has 0 unspecified atom stereocenters. The molecular weight excluding hydrogens is 751 g/mol. The molecule has 58 heavy (non-hydrogen) atoms. The number of halogens is 4. The number of benzene rings is 3. The van der Waals surface area contributed by atoms with Crippen molar-refractivity contribution in [3.8, 4) is 40.1 Å². The summed E-state index contributed by atoms with van der Waals surface area (Å²) in [5, 5.41) is 0. The predicted molar refractivity (Wildman–Crippen MR) is 225 cm³/mol. The molecule has 0 N–H and O–H groups in total. The first-order valence-corrected chi connectivity index (χ1v) is 21.3. The van der Waals surface area contributed by atoms with Gasteiger partial charge in [-0.05, 0) is 95.3 Å². The Morgan fingerprint density at radius 2 is 1.12 bits per heavy atom. The molecule has 0 aliphatic rings. The van der Waals surface area contributed by atoms with E-state index < -0.39 is 17.6 Å². The molecule has 322 valence electrons. The molecule has 9 nitrogen and oxygen atoms in total. The first-order chi connectivity index (χ1) is 28.0. The van der Waals surface area contributed by atoms with E-state index in [9.17, 15) is 17.6 Å². The zero-order valence-electron chi connectivity index (χ0n) is 35.7. The predicted octanol–water partition coefficient (Wildman–Crippen LogP) is 10.8. The summed E-state index contributed by atoms with van der Waals surface area (Å²) in [4.78, 5) is 12.3. The topological polar surface area (TPSA) is 64.5 Å². The van der Waals surface area contributed by atoms with E-state index in [0.29, 0.717) is 66.6 Å². The van der Waals surface area contributed by atoms with Crippen LogP contribution >= 0.6 is 0 Å². The highest BCUT2D eigenvalue weighted by Gasteiger charge is 2.34. The highest BCUT2D eigenvalue weighted by molar-refractivity contribution is 5.88. The quantitative estimate of drug-likeness (QED) is 0.0436. The molecule has 4 rings (SSSR count). The molecule has 0 saturated carbocycles. The summed E-state index contributed by atoms with van der Waals surface area (Å²) in [6, 6.07) is 11.8. The second kappa shape index (κ2) is 23.5. The standard InChI is InChI=1S/C45H65F4N5O4/c1-8-15-26-54-40-31-36(55-27-16-23-51(9-2)10-3)33-42(57-29-18-25-53(13-6)14-7)43(40)50-44(54)37-21-19-35(32-41(37)56-28-17-24-52(11-4)12-5)58-34-20-22-39(46)38(30-34)45(47,48)49/h19-22,30-33H,8-18,23-29H2,1-7H3. The smallest absolute Gasteiger partial charge is 0.419 e. The first kappa shape index (κ1) is 46.6. The minimum absolute atomic E-state index is 0.142. The average molecular weight is 816 g/mol. The Morgan fingerprint density at radius 3 is 1.67 bits per heavy atom. The van der Waals surface area contributed by atoms with Crippen LogP contribution in [0.2, 0.25) is 0 Å². The molecule has 1 heterocycles. The van der Waals surface area contributed by atoms with Gasteiger partial charge < -0.3 is 38.2 Å². The van der Waals surface area contributed by atoms with Crippen LogP contribution in [0.25, 0.3) is 22.4 Å². The minimum Gasteiger partial charge on any atom is -0.493 e. The summed E-state index contributed by atoms with van der Waals surface area (Å²) in [6.45, 7) is 25.7. The third kappa shape index (κ3) is 13.2. The van der Waals surface area contributed by atoms with Crippen molar-refractivity contribution in [2.75, 3.05) is 78.7 Å². The number of aromatic nitrogens is 2. The average Bonchev–Trinajstić information content (AvgIpc) is 3.58. The van der Waals surface area contributed by atoms with Gasteiger partial charge in [0.05, 0.1) is 36.5 Å². The number of ether oxygens (including phenoxy) is 4. The zero-order chi connectivity index (χ0) is 42.1. The summed E-state index contributed by atoms with van der Waals surface area (Å²) >= 11 is 0. The van der Waals surface area contributed by atoms with Gasteiger partial charge in [-0.3, -0.25) is 0 Å². The number of fused-ring (bicyclic) bond motifs is 1. The lowest BCUT2D eigenvalue weighted by molar-refractivity contribution is -0.140. The van der Waals surface area contributed by atoms with Crippen LogP contribution in [0.3, 0.4) is 0 Å². The van der Waals surface area contributed by atoms with Crippen LogP contribution in [0, 0.1) is 5.82 Å². The van der Waals surface area contributed by atoms with E-state index in [-0.39, 0.29) is 11.5 Å². The number of aryl methyl sites for hydroxylation is 1. The maximum atomic E-state index is 14.1. The lowest BCUT2D eigenvalue weighted by atomic mass is 10.1. The minimum atomic E-state index is -4.87. The molecule has 0 aliphatic carbocycles. The lowest BCUT2D eigenvalue weighted by Crippen LogP contribution is -2.25. The van der Waals surface area contributed by atoms with E-state index in [4.69, 9.17) is 23.9 Å². The highest BCUT2D eigenvalue weighted by Crippen LogP contribution is 2.41. The van der Waals surface area contributed by atoms with Crippen LogP contribution in [0.1, 0.15) is 86.1 Å². The molecule has 13 heteroatoms. The summed E-state index contributed by atoms with van der Waals surface area (Å²) in [6.07, 6.45) is -0.527. The number of alkyl halides is 3. The number of hydrogen-bond acceptors (Lipinski definition) is 8. The van der Waals surface area contributed by atoms with Gasteiger partial charge in [-0.1, -0.05) is 54.9 Å². The van der Waals surface area contributed by atoms with Gasteiger partial charge in [0, 0.05) is 44.4 Å². The Morgan fingerprint density at radius 1 is 0.603 bits per heavy atom. The van der Waals surface area contributed by atoms with Crippen LogP contribution < -0.4 is 18.9 Å². The molecule has 0 bridgehead atoms. The zero-order valence-corrected chi connectivity index (χ0v) is 35.7. The molecule has 0 amide bonds. The summed E-state index contributed by atoms with van der Waals surface area (Å²) < 4.78 is 82.2. The van der Waals surface area contributed by atoms with E-state index in [1.54, 1.807) is 12.1 Å². The molecule has 0 aliphatic heterocycles. The fourth-order valence-corrected chi connectivity index (χ4v) is 6.94. The second-order valence-electron chi connectivity index (χ2n) is 14.3. The third-order valence-electron chi connectivity index (χ3n) is 10.5. The van der Waals surface area contributed by atoms with Crippen molar-refractivity contribution in [3.63, 3.8) is 0 Å². The van der Waals surface area contributed by atoms with Gasteiger partial charge in [0.2, 0.25) is 0 Å². The normalized spacial score (nSPS) is 12.0. The van der Waals surface area contributed by atoms with Gasteiger partial charge in [0.25, 0.3) is 0 Å². The molecule has 0 radical (unpaired) electrons. The van der Waals surface area contributed by atoms with Crippen molar-refractivity contribution in [1.29, 1.82) is 0 Å². The van der Waals surface area contributed by atoms with Crippen molar-refractivity contribution in [2.24, 2.45) is 0 Å².